The molecule has 18 heavy (non-hydrogen) atoms. The minimum absolute atomic E-state index is 0.0221. The lowest BCUT2D eigenvalue weighted by Crippen LogP contribution is -2.32. The zero-order valence-electron chi connectivity index (χ0n) is 11.2. The topological polar surface area (TPSA) is 64.2 Å². The zero-order chi connectivity index (χ0) is 13.1. The van der Waals surface area contributed by atoms with Gasteiger partial charge in [-0.1, -0.05) is 19.3 Å². The minimum Gasteiger partial charge on any atom is -0.383 e. The molecule has 0 spiro atoms. The molecule has 1 amide bonds. The third-order valence-corrected chi connectivity index (χ3v) is 3.82. The highest BCUT2D eigenvalue weighted by Crippen LogP contribution is 2.24. The Hall–Kier alpha value is -1.52. The second kappa shape index (κ2) is 5.42. The third kappa shape index (κ3) is 2.66. The van der Waals surface area contributed by atoms with Crippen LogP contribution in [-0.4, -0.2) is 34.2 Å². The molecule has 0 atom stereocenters. The van der Waals surface area contributed by atoms with Crippen LogP contribution in [0, 0.1) is 5.92 Å². The maximum Gasteiger partial charge on any atom is 0.258 e. The van der Waals surface area contributed by atoms with E-state index in [1.54, 1.807) is 18.1 Å². The van der Waals surface area contributed by atoms with Crippen LogP contribution >= 0.6 is 0 Å². The van der Waals surface area contributed by atoms with Crippen molar-refractivity contribution in [1.29, 1.82) is 0 Å². The van der Waals surface area contributed by atoms with E-state index in [1.807, 2.05) is 7.05 Å². The number of aromatic nitrogens is 2. The first-order chi connectivity index (χ1) is 8.59. The van der Waals surface area contributed by atoms with Gasteiger partial charge in [0.05, 0.1) is 6.20 Å². The van der Waals surface area contributed by atoms with Crippen molar-refractivity contribution in [3.63, 3.8) is 0 Å². The molecular formula is C13H22N4O. The van der Waals surface area contributed by atoms with Crippen molar-refractivity contribution in [2.24, 2.45) is 13.0 Å². The number of rotatable bonds is 3. The first kappa shape index (κ1) is 12.9. The summed E-state index contributed by atoms with van der Waals surface area (Å²) in [5.41, 5.74) is 6.34. The first-order valence-electron chi connectivity index (χ1n) is 6.62. The van der Waals surface area contributed by atoms with E-state index in [4.69, 9.17) is 5.73 Å². The Bertz CT molecular complexity index is 421. The van der Waals surface area contributed by atoms with Crippen molar-refractivity contribution in [1.82, 2.24) is 14.7 Å². The fourth-order valence-electron chi connectivity index (χ4n) is 2.66. The Morgan fingerprint density at radius 2 is 2.17 bits per heavy atom. The lowest BCUT2D eigenvalue weighted by Gasteiger charge is -2.26. The van der Waals surface area contributed by atoms with E-state index in [0.717, 1.165) is 6.54 Å². The summed E-state index contributed by atoms with van der Waals surface area (Å²) in [7, 11) is 3.59. The number of hydrogen-bond donors (Lipinski definition) is 1. The van der Waals surface area contributed by atoms with Crippen LogP contribution in [0.25, 0.3) is 0 Å². The number of carbonyl (C=O) groups is 1. The van der Waals surface area contributed by atoms with Crippen molar-refractivity contribution >= 4 is 11.7 Å². The molecule has 1 aliphatic carbocycles. The second-order valence-corrected chi connectivity index (χ2v) is 5.26. The molecule has 1 aliphatic rings. The van der Waals surface area contributed by atoms with Crippen LogP contribution in [0.5, 0.6) is 0 Å². The van der Waals surface area contributed by atoms with E-state index in [2.05, 4.69) is 5.10 Å². The number of nitrogens with zero attached hydrogens (tertiary/aromatic N) is 3. The Labute approximate surface area is 108 Å². The van der Waals surface area contributed by atoms with E-state index < -0.39 is 0 Å². The van der Waals surface area contributed by atoms with Crippen LogP contribution in [0.1, 0.15) is 42.5 Å². The Morgan fingerprint density at radius 3 is 2.72 bits per heavy atom. The van der Waals surface area contributed by atoms with Gasteiger partial charge in [0.25, 0.3) is 5.91 Å². The predicted molar refractivity (Wildman–Crippen MR) is 71.2 cm³/mol. The molecule has 2 N–H and O–H groups in total. The zero-order valence-corrected chi connectivity index (χ0v) is 11.2. The molecule has 5 heteroatoms. The van der Waals surface area contributed by atoms with Gasteiger partial charge in [0.1, 0.15) is 11.4 Å². The van der Waals surface area contributed by atoms with E-state index in [0.29, 0.717) is 17.3 Å². The number of carbonyl (C=O) groups excluding carboxylic acids is 1. The summed E-state index contributed by atoms with van der Waals surface area (Å²) in [6.07, 6.45) is 7.95. The lowest BCUT2D eigenvalue weighted by atomic mass is 9.89. The summed E-state index contributed by atoms with van der Waals surface area (Å²) < 4.78 is 1.53. The Balaban J connectivity index is 1.98. The van der Waals surface area contributed by atoms with Gasteiger partial charge < -0.3 is 10.6 Å². The number of aryl methyl sites for hydroxylation is 1. The Morgan fingerprint density at radius 1 is 1.50 bits per heavy atom. The molecule has 0 aliphatic heterocycles. The number of hydrogen-bond acceptors (Lipinski definition) is 3. The largest absolute Gasteiger partial charge is 0.383 e. The molecule has 0 bridgehead atoms. The monoisotopic (exact) mass is 250 g/mol. The van der Waals surface area contributed by atoms with E-state index in [1.165, 1.54) is 36.8 Å². The lowest BCUT2D eigenvalue weighted by molar-refractivity contribution is 0.0761. The second-order valence-electron chi connectivity index (χ2n) is 5.26. The highest BCUT2D eigenvalue weighted by Gasteiger charge is 2.21. The number of anilines is 1. The normalized spacial score (nSPS) is 16.8. The highest BCUT2D eigenvalue weighted by molar-refractivity contribution is 5.98. The van der Waals surface area contributed by atoms with Crippen LogP contribution in [-0.2, 0) is 7.05 Å². The van der Waals surface area contributed by atoms with E-state index >= 15 is 0 Å². The van der Waals surface area contributed by atoms with Gasteiger partial charge in [0.2, 0.25) is 0 Å². The van der Waals surface area contributed by atoms with Crippen molar-refractivity contribution in [2.75, 3.05) is 19.3 Å². The van der Waals surface area contributed by atoms with Gasteiger partial charge in [-0.3, -0.25) is 9.48 Å². The average Bonchev–Trinajstić information content (AvgIpc) is 2.70. The SMILES string of the molecule is CN(CC1CCCCC1)C(=O)c1cnn(C)c1N. The molecular weight excluding hydrogens is 228 g/mol. The van der Waals surface area contributed by atoms with Crippen LogP contribution < -0.4 is 5.73 Å². The van der Waals surface area contributed by atoms with Crippen LogP contribution in [0.2, 0.25) is 0 Å². The van der Waals surface area contributed by atoms with E-state index in [-0.39, 0.29) is 5.91 Å². The molecule has 0 unspecified atom stereocenters. The van der Waals surface area contributed by atoms with Gasteiger partial charge in [-0.15, -0.1) is 0 Å². The van der Waals surface area contributed by atoms with Crippen LogP contribution in [0.3, 0.4) is 0 Å². The average molecular weight is 250 g/mol. The van der Waals surface area contributed by atoms with Gasteiger partial charge in [-0.2, -0.15) is 5.10 Å². The number of nitrogen functional groups attached to an aromatic ring is 1. The maximum absolute atomic E-state index is 12.2. The summed E-state index contributed by atoms with van der Waals surface area (Å²) >= 11 is 0. The van der Waals surface area contributed by atoms with Crippen LogP contribution in [0.15, 0.2) is 6.20 Å². The smallest absolute Gasteiger partial charge is 0.258 e. The molecule has 1 saturated carbocycles. The molecule has 2 rings (SSSR count). The molecule has 1 aromatic heterocycles. The fourth-order valence-corrected chi connectivity index (χ4v) is 2.66. The molecule has 1 fully saturated rings. The van der Waals surface area contributed by atoms with Gasteiger partial charge in [0.15, 0.2) is 0 Å². The first-order valence-corrected chi connectivity index (χ1v) is 6.62. The third-order valence-electron chi connectivity index (χ3n) is 3.82. The standard InChI is InChI=1S/C13H22N4O/c1-16(9-10-6-4-3-5-7-10)13(18)11-8-15-17(2)12(11)14/h8,10H,3-7,9,14H2,1-2H3. The highest BCUT2D eigenvalue weighted by atomic mass is 16.2. The van der Waals surface area contributed by atoms with Crippen molar-refractivity contribution in [3.05, 3.63) is 11.8 Å². The van der Waals surface area contributed by atoms with Gasteiger partial charge in [0, 0.05) is 20.6 Å². The van der Waals surface area contributed by atoms with Gasteiger partial charge in [-0.05, 0) is 18.8 Å². The molecule has 1 heterocycles. The quantitative estimate of drug-likeness (QED) is 0.887. The summed E-state index contributed by atoms with van der Waals surface area (Å²) in [5, 5.41) is 4.01. The van der Waals surface area contributed by atoms with Crippen molar-refractivity contribution in [3.8, 4) is 0 Å². The van der Waals surface area contributed by atoms with Gasteiger partial charge in [-0.25, -0.2) is 0 Å². The molecule has 0 saturated heterocycles. The van der Waals surface area contributed by atoms with Gasteiger partial charge >= 0.3 is 0 Å². The molecule has 0 radical (unpaired) electrons. The summed E-state index contributed by atoms with van der Waals surface area (Å²) in [5.74, 6) is 1.06. The summed E-state index contributed by atoms with van der Waals surface area (Å²) in [6.45, 7) is 0.827. The molecule has 1 aromatic rings. The summed E-state index contributed by atoms with van der Waals surface area (Å²) in [6, 6.07) is 0. The minimum atomic E-state index is -0.0221. The summed E-state index contributed by atoms with van der Waals surface area (Å²) in [4.78, 5) is 14.0. The predicted octanol–water partition coefficient (Wildman–Crippen LogP) is 1.65. The van der Waals surface area contributed by atoms with Crippen molar-refractivity contribution in [2.45, 2.75) is 32.1 Å². The molecule has 5 nitrogen and oxygen atoms in total. The fraction of sp³-hybridized carbons (Fsp3) is 0.692. The maximum atomic E-state index is 12.2. The number of nitrogens with two attached hydrogens (primary N) is 1. The molecule has 100 valence electrons. The van der Waals surface area contributed by atoms with Crippen LogP contribution in [0.4, 0.5) is 5.82 Å². The Kier molecular flexibility index (Phi) is 3.89. The van der Waals surface area contributed by atoms with E-state index in [9.17, 15) is 4.79 Å². The number of amides is 1. The van der Waals surface area contributed by atoms with Crippen molar-refractivity contribution < 1.29 is 4.79 Å². The molecule has 0 aromatic carbocycles.